The summed E-state index contributed by atoms with van der Waals surface area (Å²) in [5.41, 5.74) is 4.08. The zero-order valence-corrected chi connectivity index (χ0v) is 19.8. The van der Waals surface area contributed by atoms with Gasteiger partial charge in [-0.1, -0.05) is 18.2 Å². The number of ether oxygens (including phenoxy) is 1. The van der Waals surface area contributed by atoms with Crippen molar-refractivity contribution in [3.63, 3.8) is 0 Å². The van der Waals surface area contributed by atoms with Gasteiger partial charge in [0.25, 0.3) is 0 Å². The predicted molar refractivity (Wildman–Crippen MR) is 126 cm³/mol. The van der Waals surface area contributed by atoms with Gasteiger partial charge in [0, 0.05) is 31.7 Å². The lowest BCUT2D eigenvalue weighted by Gasteiger charge is -2.52. The van der Waals surface area contributed by atoms with Crippen molar-refractivity contribution >= 4 is 16.0 Å². The van der Waals surface area contributed by atoms with Gasteiger partial charge in [-0.25, -0.2) is 13.2 Å². The van der Waals surface area contributed by atoms with E-state index in [1.165, 1.54) is 6.26 Å². The lowest BCUT2D eigenvalue weighted by Crippen LogP contribution is -2.57. The van der Waals surface area contributed by atoms with Crippen LogP contribution in [0.3, 0.4) is 0 Å². The number of hydrogen-bond donors (Lipinski definition) is 1. The van der Waals surface area contributed by atoms with E-state index in [1.54, 1.807) is 23.5 Å². The minimum absolute atomic E-state index is 0.0226. The molecule has 2 fully saturated rings. The Morgan fingerprint density at radius 1 is 1.15 bits per heavy atom. The highest BCUT2D eigenvalue weighted by atomic mass is 32.2. The summed E-state index contributed by atoms with van der Waals surface area (Å²) in [4.78, 5) is 14.5. The molecule has 0 aromatic heterocycles. The third kappa shape index (κ3) is 3.94. The van der Waals surface area contributed by atoms with Crippen molar-refractivity contribution in [3.8, 4) is 16.9 Å². The first-order valence-electron chi connectivity index (χ1n) is 11.5. The standard InChI is InChI=1S/C25H30N2O5S/c1-32-18-12-16-9-11-26-15-17-6-5-10-27(33(2,30)31)22(17)14-23(26)24(16)21(13-18)19-7-3-4-8-20(19)25(28)29/h3-4,7-8,12-13,17,22-23H,5-6,9-11,14-15H2,1-2H3,(H,28,29)/t17-,22+,23+/m1/s1. The molecule has 33 heavy (non-hydrogen) atoms. The zero-order chi connectivity index (χ0) is 23.3. The van der Waals surface area contributed by atoms with Gasteiger partial charge in [-0.2, -0.15) is 4.31 Å². The van der Waals surface area contributed by atoms with E-state index in [2.05, 4.69) is 11.0 Å². The van der Waals surface area contributed by atoms with Crippen molar-refractivity contribution in [3.05, 3.63) is 53.1 Å². The third-order valence-electron chi connectivity index (χ3n) is 7.59. The van der Waals surface area contributed by atoms with Gasteiger partial charge in [0.2, 0.25) is 10.0 Å². The monoisotopic (exact) mass is 470 g/mol. The Morgan fingerprint density at radius 3 is 2.67 bits per heavy atom. The van der Waals surface area contributed by atoms with Gasteiger partial charge in [0.05, 0.1) is 18.9 Å². The van der Waals surface area contributed by atoms with Crippen LogP contribution in [0.2, 0.25) is 0 Å². The number of carboxylic acids is 1. The highest BCUT2D eigenvalue weighted by Gasteiger charge is 2.45. The van der Waals surface area contributed by atoms with Crippen molar-refractivity contribution in [1.29, 1.82) is 0 Å². The van der Waals surface area contributed by atoms with Crippen LogP contribution in [0, 0.1) is 5.92 Å². The third-order valence-corrected chi connectivity index (χ3v) is 8.90. The Kier molecular flexibility index (Phi) is 5.71. The molecule has 0 unspecified atom stereocenters. The molecule has 3 atom stereocenters. The molecule has 3 heterocycles. The van der Waals surface area contributed by atoms with Gasteiger partial charge < -0.3 is 9.84 Å². The van der Waals surface area contributed by atoms with Crippen molar-refractivity contribution < 1.29 is 23.1 Å². The second-order valence-electron chi connectivity index (χ2n) is 9.44. The van der Waals surface area contributed by atoms with Crippen LogP contribution in [-0.4, -0.2) is 67.7 Å². The molecule has 3 aliphatic heterocycles. The van der Waals surface area contributed by atoms with Crippen LogP contribution < -0.4 is 4.74 Å². The van der Waals surface area contributed by atoms with Crippen LogP contribution >= 0.6 is 0 Å². The molecular formula is C25H30N2O5S. The number of piperidine rings is 2. The van der Waals surface area contributed by atoms with E-state index in [0.29, 0.717) is 23.8 Å². The fourth-order valence-corrected chi connectivity index (χ4v) is 7.40. The van der Waals surface area contributed by atoms with Crippen LogP contribution in [0.15, 0.2) is 36.4 Å². The second-order valence-corrected chi connectivity index (χ2v) is 11.4. The largest absolute Gasteiger partial charge is 0.497 e. The summed E-state index contributed by atoms with van der Waals surface area (Å²) < 4.78 is 32.4. The number of sulfonamides is 1. The quantitative estimate of drug-likeness (QED) is 0.737. The molecule has 0 aliphatic carbocycles. The van der Waals surface area contributed by atoms with Crippen LogP contribution in [0.1, 0.15) is 46.8 Å². The summed E-state index contributed by atoms with van der Waals surface area (Å²) in [7, 11) is -1.66. The first-order valence-corrected chi connectivity index (χ1v) is 13.4. The highest BCUT2D eigenvalue weighted by Crippen LogP contribution is 2.48. The van der Waals surface area contributed by atoms with Crippen LogP contribution in [0.4, 0.5) is 0 Å². The van der Waals surface area contributed by atoms with E-state index < -0.39 is 16.0 Å². The van der Waals surface area contributed by atoms with Crippen molar-refractivity contribution in [1.82, 2.24) is 9.21 Å². The van der Waals surface area contributed by atoms with Gasteiger partial charge in [-0.15, -0.1) is 0 Å². The highest BCUT2D eigenvalue weighted by molar-refractivity contribution is 7.88. The molecule has 2 saturated heterocycles. The fraction of sp³-hybridized carbons (Fsp3) is 0.480. The molecule has 1 N–H and O–H groups in total. The van der Waals surface area contributed by atoms with E-state index in [0.717, 1.165) is 55.5 Å². The summed E-state index contributed by atoms with van der Waals surface area (Å²) in [5, 5.41) is 9.85. The summed E-state index contributed by atoms with van der Waals surface area (Å²) in [6.45, 7) is 2.36. The van der Waals surface area contributed by atoms with E-state index in [4.69, 9.17) is 4.74 Å². The lowest BCUT2D eigenvalue weighted by molar-refractivity contribution is 0.0224. The molecule has 7 nitrogen and oxygen atoms in total. The maximum absolute atomic E-state index is 12.6. The van der Waals surface area contributed by atoms with Gasteiger partial charge in [-0.3, -0.25) is 4.90 Å². The molecule has 5 rings (SSSR count). The molecule has 2 aromatic rings. The van der Waals surface area contributed by atoms with Gasteiger partial charge >= 0.3 is 5.97 Å². The number of methoxy groups -OCH3 is 1. The first kappa shape index (κ1) is 22.4. The minimum atomic E-state index is -3.29. The Hall–Kier alpha value is -2.42. The van der Waals surface area contributed by atoms with E-state index >= 15 is 0 Å². The summed E-state index contributed by atoms with van der Waals surface area (Å²) in [6.07, 6.45) is 4.84. The number of hydrogen-bond acceptors (Lipinski definition) is 5. The summed E-state index contributed by atoms with van der Waals surface area (Å²) in [5.74, 6) is 0.0786. The molecule has 3 aliphatic rings. The van der Waals surface area contributed by atoms with Crippen molar-refractivity contribution in [2.45, 2.75) is 37.8 Å². The van der Waals surface area contributed by atoms with Crippen LogP contribution in [0.25, 0.3) is 11.1 Å². The first-order chi connectivity index (χ1) is 15.8. The Bertz CT molecular complexity index is 1200. The van der Waals surface area contributed by atoms with Crippen molar-refractivity contribution in [2.75, 3.05) is 33.0 Å². The Morgan fingerprint density at radius 2 is 1.94 bits per heavy atom. The SMILES string of the molecule is COc1cc2c(c(-c3ccccc3C(=O)O)c1)[C@@H]1C[C@H]3[C@H](CCCN3S(C)(=O)=O)CN1CC2. The lowest BCUT2D eigenvalue weighted by atomic mass is 9.75. The Balaban J connectivity index is 1.65. The molecule has 8 heteroatoms. The molecule has 176 valence electrons. The smallest absolute Gasteiger partial charge is 0.336 e. The van der Waals surface area contributed by atoms with Gasteiger partial charge in [-0.05, 0) is 72.1 Å². The molecule has 0 bridgehead atoms. The van der Waals surface area contributed by atoms with E-state index in [9.17, 15) is 18.3 Å². The second kappa shape index (κ2) is 8.42. The number of aromatic carboxylic acids is 1. The molecule has 0 radical (unpaired) electrons. The topological polar surface area (TPSA) is 87.1 Å². The Labute approximate surface area is 195 Å². The van der Waals surface area contributed by atoms with E-state index in [1.807, 2.05) is 18.2 Å². The molecule has 0 saturated carbocycles. The number of nitrogens with zero attached hydrogens (tertiary/aromatic N) is 2. The number of rotatable bonds is 4. The fourth-order valence-electron chi connectivity index (χ4n) is 6.18. The average molecular weight is 471 g/mol. The van der Waals surface area contributed by atoms with E-state index in [-0.39, 0.29) is 17.6 Å². The molecular weight excluding hydrogens is 440 g/mol. The molecule has 0 amide bonds. The summed E-state index contributed by atoms with van der Waals surface area (Å²) in [6, 6.07) is 11.1. The van der Waals surface area contributed by atoms with Gasteiger partial charge in [0.1, 0.15) is 5.75 Å². The maximum atomic E-state index is 12.6. The molecule has 2 aromatic carbocycles. The number of benzene rings is 2. The normalized spacial score (nSPS) is 25.6. The predicted octanol–water partition coefficient (Wildman–Crippen LogP) is 3.40. The zero-order valence-electron chi connectivity index (χ0n) is 19.0. The minimum Gasteiger partial charge on any atom is -0.497 e. The number of fused-ring (bicyclic) bond motifs is 4. The van der Waals surface area contributed by atoms with Crippen LogP contribution in [-0.2, 0) is 16.4 Å². The van der Waals surface area contributed by atoms with Gasteiger partial charge in [0.15, 0.2) is 0 Å². The average Bonchev–Trinajstić information content (AvgIpc) is 2.80. The maximum Gasteiger partial charge on any atom is 0.336 e. The summed E-state index contributed by atoms with van der Waals surface area (Å²) >= 11 is 0. The number of carboxylic acid groups (broad SMARTS) is 1. The number of carbonyl (C=O) groups is 1. The molecule has 0 spiro atoms. The van der Waals surface area contributed by atoms with Crippen molar-refractivity contribution in [2.24, 2.45) is 5.92 Å². The van der Waals surface area contributed by atoms with Crippen LogP contribution in [0.5, 0.6) is 5.75 Å².